The number of thiophene rings is 1. The Bertz CT molecular complexity index is 258. The van der Waals surface area contributed by atoms with E-state index in [0.717, 1.165) is 6.54 Å². The Balaban J connectivity index is 2.57. The van der Waals surface area contributed by atoms with Gasteiger partial charge in [-0.2, -0.15) is 0 Å². The first-order valence-corrected chi connectivity index (χ1v) is 6.17. The van der Waals surface area contributed by atoms with Gasteiger partial charge in [0.15, 0.2) is 0 Å². The predicted octanol–water partition coefficient (Wildman–Crippen LogP) is 3.77. The lowest BCUT2D eigenvalue weighted by Gasteiger charge is -2.06. The largest absolute Gasteiger partial charge is 0.310 e. The van der Waals surface area contributed by atoms with Gasteiger partial charge in [-0.3, -0.25) is 0 Å². The van der Waals surface area contributed by atoms with Crippen molar-refractivity contribution >= 4 is 43.2 Å². The van der Waals surface area contributed by atoms with Gasteiger partial charge in [0, 0.05) is 12.6 Å². The van der Waals surface area contributed by atoms with Crippen molar-refractivity contribution in [2.45, 2.75) is 26.4 Å². The van der Waals surface area contributed by atoms with Gasteiger partial charge in [0.2, 0.25) is 0 Å². The van der Waals surface area contributed by atoms with Crippen LogP contribution >= 0.6 is 43.2 Å². The number of rotatable bonds is 3. The minimum absolute atomic E-state index is 0.538. The van der Waals surface area contributed by atoms with Crippen LogP contribution in [0, 0.1) is 0 Å². The fourth-order valence-corrected chi connectivity index (χ4v) is 3.63. The maximum absolute atomic E-state index is 3.52. The Morgan fingerprint density at radius 2 is 2.17 bits per heavy atom. The third-order valence-electron chi connectivity index (χ3n) is 1.43. The summed E-state index contributed by atoms with van der Waals surface area (Å²) < 4.78 is 2.39. The number of halogens is 2. The highest BCUT2D eigenvalue weighted by atomic mass is 79.9. The first-order chi connectivity index (χ1) is 5.59. The molecule has 0 aliphatic heterocycles. The second-order valence-electron chi connectivity index (χ2n) is 2.89. The first-order valence-electron chi connectivity index (χ1n) is 3.76. The van der Waals surface area contributed by atoms with Crippen LogP contribution < -0.4 is 5.32 Å². The Hall–Kier alpha value is 0.620. The summed E-state index contributed by atoms with van der Waals surface area (Å²) in [7, 11) is 0. The number of hydrogen-bond acceptors (Lipinski definition) is 2. The molecule has 68 valence electrons. The van der Waals surface area contributed by atoms with Gasteiger partial charge in [0.25, 0.3) is 0 Å². The summed E-state index contributed by atoms with van der Waals surface area (Å²) >= 11 is 8.68. The number of nitrogens with one attached hydrogen (secondary N) is 1. The van der Waals surface area contributed by atoms with Crippen LogP contribution in [0.4, 0.5) is 0 Å². The van der Waals surface area contributed by atoms with Crippen molar-refractivity contribution in [2.75, 3.05) is 0 Å². The predicted molar refractivity (Wildman–Crippen MR) is 61.7 cm³/mol. The molecule has 0 atom stereocenters. The molecular formula is C8H11Br2NS. The van der Waals surface area contributed by atoms with Crippen molar-refractivity contribution < 1.29 is 0 Å². The zero-order chi connectivity index (χ0) is 9.14. The molecule has 0 aliphatic rings. The Kier molecular flexibility index (Phi) is 4.23. The van der Waals surface area contributed by atoms with E-state index in [1.807, 2.05) is 0 Å². The molecule has 0 spiro atoms. The van der Waals surface area contributed by atoms with Crippen molar-refractivity contribution in [1.29, 1.82) is 0 Å². The monoisotopic (exact) mass is 311 g/mol. The molecule has 0 saturated carbocycles. The molecule has 1 aromatic heterocycles. The molecule has 0 aliphatic carbocycles. The molecule has 1 aromatic rings. The molecular weight excluding hydrogens is 302 g/mol. The molecule has 1 N–H and O–H groups in total. The molecule has 0 radical (unpaired) electrons. The SMILES string of the molecule is CC(C)NCc1cc(Br)sc1Br. The summed E-state index contributed by atoms with van der Waals surface area (Å²) in [5.41, 5.74) is 1.32. The van der Waals surface area contributed by atoms with E-state index in [1.165, 1.54) is 13.1 Å². The smallest absolute Gasteiger partial charge is 0.0755 e. The van der Waals surface area contributed by atoms with E-state index in [9.17, 15) is 0 Å². The Labute approximate surface area is 93.8 Å². The fraction of sp³-hybridized carbons (Fsp3) is 0.500. The highest BCUT2D eigenvalue weighted by Gasteiger charge is 2.04. The van der Waals surface area contributed by atoms with Crippen LogP contribution in [-0.4, -0.2) is 6.04 Å². The molecule has 4 heteroatoms. The van der Waals surface area contributed by atoms with Gasteiger partial charge < -0.3 is 5.32 Å². The topological polar surface area (TPSA) is 12.0 Å². The van der Waals surface area contributed by atoms with E-state index in [1.54, 1.807) is 11.3 Å². The van der Waals surface area contributed by atoms with Crippen molar-refractivity contribution in [2.24, 2.45) is 0 Å². The Morgan fingerprint density at radius 3 is 2.58 bits per heavy atom. The fourth-order valence-electron chi connectivity index (χ4n) is 0.809. The average molecular weight is 313 g/mol. The summed E-state index contributed by atoms with van der Waals surface area (Å²) in [4.78, 5) is 0. The van der Waals surface area contributed by atoms with Crippen LogP contribution in [-0.2, 0) is 6.54 Å². The van der Waals surface area contributed by atoms with Gasteiger partial charge in [0.05, 0.1) is 7.57 Å². The third-order valence-corrected chi connectivity index (χ3v) is 3.89. The maximum Gasteiger partial charge on any atom is 0.0755 e. The summed E-state index contributed by atoms with van der Waals surface area (Å²) in [6, 6.07) is 2.68. The zero-order valence-electron chi connectivity index (χ0n) is 7.03. The van der Waals surface area contributed by atoms with Crippen LogP contribution in [0.15, 0.2) is 13.6 Å². The molecule has 0 bridgehead atoms. The van der Waals surface area contributed by atoms with Gasteiger partial charge in [-0.05, 0) is 43.5 Å². The lowest BCUT2D eigenvalue weighted by atomic mass is 10.3. The minimum atomic E-state index is 0.538. The molecule has 0 saturated heterocycles. The average Bonchev–Trinajstić information content (AvgIpc) is 2.26. The second-order valence-corrected chi connectivity index (χ2v) is 6.63. The van der Waals surface area contributed by atoms with Gasteiger partial charge in [-0.15, -0.1) is 11.3 Å². The van der Waals surface area contributed by atoms with Crippen LogP contribution in [0.3, 0.4) is 0 Å². The lowest BCUT2D eigenvalue weighted by molar-refractivity contribution is 0.589. The van der Waals surface area contributed by atoms with Gasteiger partial charge in [0.1, 0.15) is 0 Å². The van der Waals surface area contributed by atoms with Crippen LogP contribution in [0.1, 0.15) is 19.4 Å². The lowest BCUT2D eigenvalue weighted by Crippen LogP contribution is -2.21. The maximum atomic E-state index is 3.52. The second kappa shape index (κ2) is 4.74. The molecule has 0 aromatic carbocycles. The van der Waals surface area contributed by atoms with E-state index in [4.69, 9.17) is 0 Å². The molecule has 0 fully saturated rings. The summed E-state index contributed by atoms with van der Waals surface area (Å²) in [6.45, 7) is 5.23. The van der Waals surface area contributed by atoms with Crippen molar-refractivity contribution in [3.05, 3.63) is 19.2 Å². The molecule has 0 amide bonds. The zero-order valence-corrected chi connectivity index (χ0v) is 11.0. The molecule has 1 heterocycles. The van der Waals surface area contributed by atoms with Crippen molar-refractivity contribution in [3.8, 4) is 0 Å². The normalized spacial score (nSPS) is 11.1. The van der Waals surface area contributed by atoms with E-state index < -0.39 is 0 Å². The van der Waals surface area contributed by atoms with Crippen LogP contribution in [0.25, 0.3) is 0 Å². The third kappa shape index (κ3) is 3.17. The molecule has 1 nitrogen and oxygen atoms in total. The highest BCUT2D eigenvalue weighted by Crippen LogP contribution is 2.31. The standard InChI is InChI=1S/C8H11Br2NS/c1-5(2)11-4-6-3-7(9)12-8(6)10/h3,5,11H,4H2,1-2H3. The van der Waals surface area contributed by atoms with Gasteiger partial charge >= 0.3 is 0 Å². The highest BCUT2D eigenvalue weighted by molar-refractivity contribution is 9.12. The van der Waals surface area contributed by atoms with Crippen molar-refractivity contribution in [1.82, 2.24) is 5.32 Å². The minimum Gasteiger partial charge on any atom is -0.310 e. The van der Waals surface area contributed by atoms with Crippen molar-refractivity contribution in [3.63, 3.8) is 0 Å². The van der Waals surface area contributed by atoms with E-state index >= 15 is 0 Å². The molecule has 1 rings (SSSR count). The van der Waals surface area contributed by atoms with E-state index in [0.29, 0.717) is 6.04 Å². The number of hydrogen-bond donors (Lipinski definition) is 1. The van der Waals surface area contributed by atoms with Crippen LogP contribution in [0.5, 0.6) is 0 Å². The van der Waals surface area contributed by atoms with E-state index in [2.05, 4.69) is 57.1 Å². The first kappa shape index (κ1) is 10.7. The summed E-state index contributed by atoms with van der Waals surface area (Å²) in [5.74, 6) is 0. The summed E-state index contributed by atoms with van der Waals surface area (Å²) in [6.07, 6.45) is 0. The summed E-state index contributed by atoms with van der Waals surface area (Å²) in [5, 5.41) is 3.37. The van der Waals surface area contributed by atoms with E-state index in [-0.39, 0.29) is 0 Å². The van der Waals surface area contributed by atoms with Crippen LogP contribution in [0.2, 0.25) is 0 Å². The molecule has 12 heavy (non-hydrogen) atoms. The molecule has 0 unspecified atom stereocenters. The van der Waals surface area contributed by atoms with Gasteiger partial charge in [-0.1, -0.05) is 13.8 Å². The Morgan fingerprint density at radius 1 is 1.50 bits per heavy atom. The quantitative estimate of drug-likeness (QED) is 0.896. The van der Waals surface area contributed by atoms with Gasteiger partial charge in [-0.25, -0.2) is 0 Å².